The number of carbonyl (C=O) groups is 1. The molecule has 40 heavy (non-hydrogen) atoms. The van der Waals surface area contributed by atoms with Gasteiger partial charge in [0, 0.05) is 36.7 Å². The molecule has 2 aromatic heterocycles. The predicted molar refractivity (Wildman–Crippen MR) is 144 cm³/mol. The summed E-state index contributed by atoms with van der Waals surface area (Å²) in [6, 6.07) is 6.96. The van der Waals surface area contributed by atoms with E-state index in [9.17, 15) is 22.0 Å². The number of hydrogen-bond acceptors (Lipinski definition) is 6. The molecule has 1 saturated heterocycles. The first-order chi connectivity index (χ1) is 19.2. The van der Waals surface area contributed by atoms with Crippen LogP contribution in [0.25, 0.3) is 12.2 Å². The van der Waals surface area contributed by atoms with E-state index in [4.69, 9.17) is 8.94 Å². The topological polar surface area (TPSA) is 96.9 Å². The van der Waals surface area contributed by atoms with Gasteiger partial charge in [-0.2, -0.15) is 4.31 Å². The second-order valence-corrected chi connectivity index (χ2v) is 12.4. The van der Waals surface area contributed by atoms with Crippen molar-refractivity contribution in [3.8, 4) is 0 Å². The number of piperidine rings is 1. The SMILES string of the molecule is Cc1noc(/C=C/c2ccc(F)cc2F)c1S(=O)(=O)N1CCC(C(=O)N(Cc2ccco2)C2CCCCC2)CC1. The van der Waals surface area contributed by atoms with Gasteiger partial charge in [-0.3, -0.25) is 4.79 Å². The monoisotopic (exact) mass is 573 g/mol. The van der Waals surface area contributed by atoms with Crippen molar-refractivity contribution in [2.45, 2.75) is 69.4 Å². The molecule has 11 heteroatoms. The fourth-order valence-corrected chi connectivity index (χ4v) is 7.38. The van der Waals surface area contributed by atoms with Crippen molar-refractivity contribution in [2.24, 2.45) is 5.92 Å². The molecule has 1 saturated carbocycles. The number of rotatable bonds is 8. The summed E-state index contributed by atoms with van der Waals surface area (Å²) in [6.45, 7) is 2.30. The molecule has 8 nitrogen and oxygen atoms in total. The van der Waals surface area contributed by atoms with Crippen molar-refractivity contribution >= 4 is 28.1 Å². The zero-order valence-electron chi connectivity index (χ0n) is 22.4. The maximum atomic E-state index is 14.1. The molecule has 0 N–H and O–H groups in total. The molecule has 0 bridgehead atoms. The molecule has 1 amide bonds. The minimum absolute atomic E-state index is 0.0404. The zero-order chi connectivity index (χ0) is 28.3. The molecule has 0 unspecified atom stereocenters. The normalized spacial score (nSPS) is 18.0. The third kappa shape index (κ3) is 6.05. The number of furan rings is 1. The molecule has 1 aliphatic carbocycles. The Morgan fingerprint density at radius 1 is 1.10 bits per heavy atom. The van der Waals surface area contributed by atoms with E-state index in [1.165, 1.54) is 35.9 Å². The number of sulfonamides is 1. The third-order valence-electron chi connectivity index (χ3n) is 7.82. The van der Waals surface area contributed by atoms with Crippen LogP contribution in [0, 0.1) is 24.5 Å². The number of halogens is 2. The van der Waals surface area contributed by atoms with Crippen molar-refractivity contribution in [1.29, 1.82) is 0 Å². The highest BCUT2D eigenvalue weighted by Crippen LogP contribution is 2.32. The Morgan fingerprint density at radius 3 is 2.52 bits per heavy atom. The summed E-state index contributed by atoms with van der Waals surface area (Å²) < 4.78 is 66.7. The quantitative estimate of drug-likeness (QED) is 0.339. The minimum Gasteiger partial charge on any atom is -0.467 e. The van der Waals surface area contributed by atoms with Crippen molar-refractivity contribution in [3.05, 3.63) is 71.0 Å². The van der Waals surface area contributed by atoms with E-state index in [1.54, 1.807) is 6.26 Å². The summed E-state index contributed by atoms with van der Waals surface area (Å²) in [5, 5.41) is 3.82. The first-order valence-electron chi connectivity index (χ1n) is 13.7. The van der Waals surface area contributed by atoms with Crippen molar-refractivity contribution in [1.82, 2.24) is 14.4 Å². The first kappa shape index (κ1) is 28.2. The van der Waals surface area contributed by atoms with E-state index in [1.807, 2.05) is 17.0 Å². The summed E-state index contributed by atoms with van der Waals surface area (Å²) in [5.74, 6) is -1.03. The lowest BCUT2D eigenvalue weighted by molar-refractivity contribution is -0.141. The Hall–Kier alpha value is -3.31. The van der Waals surface area contributed by atoms with Gasteiger partial charge >= 0.3 is 0 Å². The van der Waals surface area contributed by atoms with Gasteiger partial charge in [0.15, 0.2) is 10.7 Å². The summed E-state index contributed by atoms with van der Waals surface area (Å²) in [4.78, 5) is 15.6. The van der Waals surface area contributed by atoms with Crippen LogP contribution >= 0.6 is 0 Å². The van der Waals surface area contributed by atoms with Gasteiger partial charge in [0.25, 0.3) is 0 Å². The molecule has 2 fully saturated rings. The highest BCUT2D eigenvalue weighted by atomic mass is 32.2. The predicted octanol–water partition coefficient (Wildman–Crippen LogP) is 5.79. The molecule has 3 aromatic rings. The van der Waals surface area contributed by atoms with E-state index < -0.39 is 21.7 Å². The molecule has 3 heterocycles. The lowest BCUT2D eigenvalue weighted by Crippen LogP contribution is -2.47. The number of aryl methyl sites for hydroxylation is 1. The van der Waals surface area contributed by atoms with Gasteiger partial charge in [0.2, 0.25) is 15.9 Å². The summed E-state index contributed by atoms with van der Waals surface area (Å²) in [7, 11) is -4.00. The van der Waals surface area contributed by atoms with Crippen LogP contribution in [0.1, 0.15) is 67.7 Å². The summed E-state index contributed by atoms with van der Waals surface area (Å²) in [6.07, 6.45) is 10.3. The van der Waals surface area contributed by atoms with Gasteiger partial charge in [-0.1, -0.05) is 24.4 Å². The Bertz CT molecular complexity index is 1450. The Labute approximate surface area is 232 Å². The van der Waals surface area contributed by atoms with Crippen LogP contribution in [-0.2, 0) is 21.4 Å². The summed E-state index contributed by atoms with van der Waals surface area (Å²) >= 11 is 0. The molecule has 5 rings (SSSR count). The van der Waals surface area contributed by atoms with Crippen LogP contribution in [0.15, 0.2) is 50.4 Å². The fourth-order valence-electron chi connectivity index (χ4n) is 5.66. The second-order valence-electron chi connectivity index (χ2n) is 10.5. The van der Waals surface area contributed by atoms with Crippen LogP contribution in [0.3, 0.4) is 0 Å². The van der Waals surface area contributed by atoms with E-state index in [2.05, 4.69) is 5.16 Å². The number of amides is 1. The minimum atomic E-state index is -4.00. The second kappa shape index (κ2) is 12.1. The van der Waals surface area contributed by atoms with Gasteiger partial charge < -0.3 is 13.8 Å². The van der Waals surface area contributed by atoms with E-state index >= 15 is 0 Å². The number of hydrogen-bond donors (Lipinski definition) is 0. The van der Waals surface area contributed by atoms with Crippen LogP contribution in [0.2, 0.25) is 0 Å². The van der Waals surface area contributed by atoms with Gasteiger partial charge in [-0.05, 0) is 69.0 Å². The average molecular weight is 574 g/mol. The molecule has 1 aliphatic heterocycles. The lowest BCUT2D eigenvalue weighted by atomic mass is 9.91. The number of aromatic nitrogens is 1. The molecule has 0 spiro atoms. The molecule has 0 atom stereocenters. The van der Waals surface area contributed by atoms with E-state index in [-0.39, 0.29) is 52.9 Å². The smallest absolute Gasteiger partial charge is 0.248 e. The number of carbonyl (C=O) groups excluding carboxylic acids is 1. The van der Waals surface area contributed by atoms with Crippen molar-refractivity contribution in [3.63, 3.8) is 0 Å². The van der Waals surface area contributed by atoms with Gasteiger partial charge in [0.05, 0.1) is 12.8 Å². The van der Waals surface area contributed by atoms with Crippen molar-refractivity contribution in [2.75, 3.05) is 13.1 Å². The zero-order valence-corrected chi connectivity index (χ0v) is 23.2. The number of benzene rings is 1. The average Bonchev–Trinajstić information content (AvgIpc) is 3.61. The lowest BCUT2D eigenvalue weighted by Gasteiger charge is -2.38. The molecule has 1 aromatic carbocycles. The molecule has 0 radical (unpaired) electrons. The Morgan fingerprint density at radius 2 is 1.85 bits per heavy atom. The van der Waals surface area contributed by atoms with Gasteiger partial charge in [-0.25, -0.2) is 17.2 Å². The standard InChI is InChI=1S/C29H33F2N3O5S/c1-20-28(27(39-32-20)12-10-21-9-11-23(30)18-26(21)31)40(36,37)33-15-13-22(14-16-33)29(35)34(19-25-8-5-17-38-25)24-6-3-2-4-7-24/h5,8-12,17-18,22,24H,2-4,6-7,13-16,19H2,1H3/b12-10+. The largest absolute Gasteiger partial charge is 0.467 e. The molecule has 2 aliphatic rings. The van der Waals surface area contributed by atoms with Crippen LogP contribution in [0.5, 0.6) is 0 Å². The molecule has 214 valence electrons. The van der Waals surface area contributed by atoms with E-state index in [0.717, 1.165) is 43.6 Å². The van der Waals surface area contributed by atoms with E-state index in [0.29, 0.717) is 19.4 Å². The van der Waals surface area contributed by atoms with Gasteiger partial charge in [0.1, 0.15) is 23.1 Å². The highest BCUT2D eigenvalue weighted by Gasteiger charge is 2.38. The maximum Gasteiger partial charge on any atom is 0.248 e. The summed E-state index contributed by atoms with van der Waals surface area (Å²) in [5.41, 5.74) is 0.259. The maximum absolute atomic E-state index is 14.1. The molecular formula is C29H33F2N3O5S. The Kier molecular flexibility index (Phi) is 8.51. The van der Waals surface area contributed by atoms with Crippen LogP contribution in [0.4, 0.5) is 8.78 Å². The first-order valence-corrected chi connectivity index (χ1v) is 15.1. The highest BCUT2D eigenvalue weighted by molar-refractivity contribution is 7.89. The fraction of sp³-hybridized carbons (Fsp3) is 0.448. The van der Waals surface area contributed by atoms with Gasteiger partial charge in [-0.15, -0.1) is 0 Å². The Balaban J connectivity index is 1.29. The van der Waals surface area contributed by atoms with Crippen molar-refractivity contribution < 1.29 is 30.9 Å². The van der Waals surface area contributed by atoms with Crippen LogP contribution < -0.4 is 0 Å². The number of nitrogens with zero attached hydrogens (tertiary/aromatic N) is 3. The van der Waals surface area contributed by atoms with Crippen LogP contribution in [-0.4, -0.2) is 47.8 Å². The third-order valence-corrected chi connectivity index (χ3v) is 9.87. The molecular weight excluding hydrogens is 540 g/mol.